The van der Waals surface area contributed by atoms with Gasteiger partial charge in [-0.05, 0) is 33.7 Å². The predicted molar refractivity (Wildman–Crippen MR) is 68.6 cm³/mol. The first-order valence-electron chi connectivity index (χ1n) is 6.67. The molecule has 1 saturated carbocycles. The molecule has 0 spiro atoms. The Kier molecular flexibility index (Phi) is 3.46. The maximum absolute atomic E-state index is 12.4. The number of hydrogen-bond donors (Lipinski definition) is 1. The second kappa shape index (κ2) is 4.58. The predicted octanol–water partition coefficient (Wildman–Crippen LogP) is 0.666. The summed E-state index contributed by atoms with van der Waals surface area (Å²) in [6.07, 6.45) is 3.09. The van der Waals surface area contributed by atoms with Crippen molar-refractivity contribution in [3.8, 4) is 0 Å². The van der Waals surface area contributed by atoms with Crippen molar-refractivity contribution < 1.29 is 4.79 Å². The van der Waals surface area contributed by atoms with E-state index in [-0.39, 0.29) is 23.4 Å². The van der Waals surface area contributed by atoms with Gasteiger partial charge in [-0.25, -0.2) is 0 Å². The Labute approximate surface area is 104 Å². The summed E-state index contributed by atoms with van der Waals surface area (Å²) in [5, 5.41) is 0. The molecule has 2 aliphatic rings. The third-order valence-electron chi connectivity index (χ3n) is 4.51. The molecule has 98 valence electrons. The summed E-state index contributed by atoms with van der Waals surface area (Å²) in [6.45, 7) is 7.02. The zero-order chi connectivity index (χ0) is 12.6. The van der Waals surface area contributed by atoms with Crippen LogP contribution in [0.2, 0.25) is 0 Å². The molecule has 1 heterocycles. The molecular weight excluding hydrogens is 214 g/mol. The Morgan fingerprint density at radius 1 is 1.29 bits per heavy atom. The van der Waals surface area contributed by atoms with Crippen molar-refractivity contribution in [2.75, 3.05) is 26.7 Å². The third-order valence-corrected chi connectivity index (χ3v) is 4.51. The van der Waals surface area contributed by atoms with Crippen molar-refractivity contribution in [2.45, 2.75) is 44.7 Å². The van der Waals surface area contributed by atoms with Crippen LogP contribution < -0.4 is 5.73 Å². The Hall–Kier alpha value is -0.610. The maximum atomic E-state index is 12.4. The van der Waals surface area contributed by atoms with E-state index in [2.05, 4.69) is 25.8 Å². The average molecular weight is 239 g/mol. The van der Waals surface area contributed by atoms with Gasteiger partial charge in [-0.3, -0.25) is 9.69 Å². The van der Waals surface area contributed by atoms with Crippen molar-refractivity contribution in [2.24, 2.45) is 11.7 Å². The molecule has 1 amide bonds. The van der Waals surface area contributed by atoms with Gasteiger partial charge in [0.05, 0.1) is 5.92 Å². The van der Waals surface area contributed by atoms with Crippen LogP contribution in [0.4, 0.5) is 0 Å². The summed E-state index contributed by atoms with van der Waals surface area (Å²) in [7, 11) is 2.13. The van der Waals surface area contributed by atoms with E-state index < -0.39 is 0 Å². The molecule has 0 bridgehead atoms. The standard InChI is InChI=1S/C13H25N3O/c1-13(2)9-16(8-7-15(13)3)12(17)10-5-4-6-11(10)14/h10-11H,4-9,14H2,1-3H3. The summed E-state index contributed by atoms with van der Waals surface area (Å²) in [4.78, 5) is 16.8. The lowest BCUT2D eigenvalue weighted by molar-refractivity contribution is -0.140. The van der Waals surface area contributed by atoms with E-state index in [1.807, 2.05) is 4.90 Å². The minimum Gasteiger partial charge on any atom is -0.339 e. The van der Waals surface area contributed by atoms with Gasteiger partial charge in [0.15, 0.2) is 0 Å². The highest BCUT2D eigenvalue weighted by Gasteiger charge is 2.38. The van der Waals surface area contributed by atoms with Gasteiger partial charge in [-0.2, -0.15) is 0 Å². The van der Waals surface area contributed by atoms with Gasteiger partial charge in [-0.15, -0.1) is 0 Å². The van der Waals surface area contributed by atoms with Crippen LogP contribution >= 0.6 is 0 Å². The lowest BCUT2D eigenvalue weighted by Gasteiger charge is -2.46. The van der Waals surface area contributed by atoms with Crippen LogP contribution in [0.3, 0.4) is 0 Å². The van der Waals surface area contributed by atoms with Gasteiger partial charge in [0, 0.05) is 31.2 Å². The number of amides is 1. The van der Waals surface area contributed by atoms with Crippen LogP contribution in [-0.2, 0) is 4.79 Å². The highest BCUT2D eigenvalue weighted by atomic mass is 16.2. The number of likely N-dealkylation sites (N-methyl/N-ethyl adjacent to an activating group) is 1. The third kappa shape index (κ3) is 2.47. The summed E-state index contributed by atoms with van der Waals surface area (Å²) >= 11 is 0. The Bertz CT molecular complexity index is 303. The van der Waals surface area contributed by atoms with E-state index in [9.17, 15) is 4.79 Å². The summed E-state index contributed by atoms with van der Waals surface area (Å²) in [5.74, 6) is 0.366. The van der Waals surface area contributed by atoms with Gasteiger partial charge < -0.3 is 10.6 Å². The number of hydrogen-bond acceptors (Lipinski definition) is 3. The van der Waals surface area contributed by atoms with E-state index in [0.29, 0.717) is 0 Å². The smallest absolute Gasteiger partial charge is 0.227 e. The largest absolute Gasteiger partial charge is 0.339 e. The lowest BCUT2D eigenvalue weighted by Crippen LogP contribution is -2.60. The molecule has 0 aromatic heterocycles. The fourth-order valence-electron chi connectivity index (χ4n) is 2.96. The first kappa shape index (κ1) is 12.8. The Morgan fingerprint density at radius 3 is 2.53 bits per heavy atom. The Balaban J connectivity index is 2.01. The zero-order valence-corrected chi connectivity index (χ0v) is 11.3. The van der Waals surface area contributed by atoms with Crippen LogP contribution in [0.5, 0.6) is 0 Å². The van der Waals surface area contributed by atoms with Crippen LogP contribution in [0.1, 0.15) is 33.1 Å². The molecule has 2 fully saturated rings. The topological polar surface area (TPSA) is 49.6 Å². The molecule has 2 unspecified atom stereocenters. The molecular formula is C13H25N3O. The highest BCUT2D eigenvalue weighted by Crippen LogP contribution is 2.28. The average Bonchev–Trinajstić information content (AvgIpc) is 2.67. The quantitative estimate of drug-likeness (QED) is 0.731. The van der Waals surface area contributed by atoms with Gasteiger partial charge in [0.1, 0.15) is 0 Å². The maximum Gasteiger partial charge on any atom is 0.227 e. The van der Waals surface area contributed by atoms with Crippen molar-refractivity contribution >= 4 is 5.91 Å². The number of rotatable bonds is 1. The monoisotopic (exact) mass is 239 g/mol. The number of piperazine rings is 1. The van der Waals surface area contributed by atoms with E-state index >= 15 is 0 Å². The van der Waals surface area contributed by atoms with Crippen molar-refractivity contribution in [3.05, 3.63) is 0 Å². The van der Waals surface area contributed by atoms with Crippen molar-refractivity contribution in [1.29, 1.82) is 0 Å². The van der Waals surface area contributed by atoms with Gasteiger partial charge in [0.2, 0.25) is 5.91 Å². The molecule has 0 radical (unpaired) electrons. The molecule has 1 saturated heterocycles. The molecule has 2 atom stereocenters. The summed E-state index contributed by atoms with van der Waals surface area (Å²) in [5.41, 5.74) is 6.10. The second-order valence-corrected chi connectivity index (χ2v) is 6.20. The summed E-state index contributed by atoms with van der Waals surface area (Å²) < 4.78 is 0. The lowest BCUT2D eigenvalue weighted by atomic mass is 9.96. The molecule has 4 nitrogen and oxygen atoms in total. The number of nitrogens with zero attached hydrogens (tertiary/aromatic N) is 2. The van der Waals surface area contributed by atoms with Gasteiger partial charge >= 0.3 is 0 Å². The van der Waals surface area contributed by atoms with E-state index in [1.165, 1.54) is 0 Å². The van der Waals surface area contributed by atoms with E-state index in [1.54, 1.807) is 0 Å². The van der Waals surface area contributed by atoms with Crippen LogP contribution in [0.15, 0.2) is 0 Å². The molecule has 0 aromatic rings. The van der Waals surface area contributed by atoms with Crippen LogP contribution in [0.25, 0.3) is 0 Å². The second-order valence-electron chi connectivity index (χ2n) is 6.20. The van der Waals surface area contributed by atoms with Gasteiger partial charge in [-0.1, -0.05) is 6.42 Å². The minimum absolute atomic E-state index is 0.0780. The van der Waals surface area contributed by atoms with Crippen molar-refractivity contribution in [3.63, 3.8) is 0 Å². The molecule has 1 aliphatic heterocycles. The molecule has 2 rings (SSSR count). The Morgan fingerprint density at radius 2 is 2.00 bits per heavy atom. The minimum atomic E-state index is 0.0780. The molecule has 17 heavy (non-hydrogen) atoms. The molecule has 2 N–H and O–H groups in total. The summed E-state index contributed by atoms with van der Waals surface area (Å²) in [6, 6.07) is 0.0882. The normalized spacial score (nSPS) is 34.0. The zero-order valence-electron chi connectivity index (χ0n) is 11.3. The number of carbonyl (C=O) groups is 1. The first-order chi connectivity index (χ1) is 7.92. The highest BCUT2D eigenvalue weighted by molar-refractivity contribution is 5.80. The molecule has 4 heteroatoms. The van der Waals surface area contributed by atoms with Crippen LogP contribution in [0, 0.1) is 5.92 Å². The molecule has 0 aromatic carbocycles. The fourth-order valence-corrected chi connectivity index (χ4v) is 2.96. The fraction of sp³-hybridized carbons (Fsp3) is 0.923. The van der Waals surface area contributed by atoms with E-state index in [4.69, 9.17) is 5.73 Å². The van der Waals surface area contributed by atoms with Crippen LogP contribution in [-0.4, -0.2) is 54.0 Å². The SMILES string of the molecule is CN1CCN(C(=O)C2CCCC2N)CC1(C)C. The number of nitrogens with two attached hydrogens (primary N) is 1. The van der Waals surface area contributed by atoms with Crippen molar-refractivity contribution in [1.82, 2.24) is 9.80 Å². The van der Waals surface area contributed by atoms with E-state index in [0.717, 1.165) is 38.9 Å². The van der Waals surface area contributed by atoms with Gasteiger partial charge in [0.25, 0.3) is 0 Å². The first-order valence-corrected chi connectivity index (χ1v) is 6.67. The number of carbonyl (C=O) groups excluding carboxylic acids is 1. The molecule has 1 aliphatic carbocycles.